The van der Waals surface area contributed by atoms with Crippen LogP contribution in [0.25, 0.3) is 0 Å². The number of rotatable bonds is 5. The number of benzene rings is 2. The number of carbonyl (C=O) groups is 3. The van der Waals surface area contributed by atoms with E-state index in [1.807, 2.05) is 41.3 Å². The number of esters is 1. The van der Waals surface area contributed by atoms with Gasteiger partial charge in [-0.1, -0.05) is 30.3 Å². The number of ether oxygens (including phenoxy) is 1. The SMILES string of the molecule is O=C(OCC(=O)N1CCCc2ccccc21)c1ccc(CN2CCCC2=O)cc1. The molecule has 150 valence electrons. The van der Waals surface area contributed by atoms with E-state index < -0.39 is 5.97 Å². The van der Waals surface area contributed by atoms with Crippen LogP contribution in [0.1, 0.15) is 40.7 Å². The molecule has 2 aromatic carbocycles. The second-order valence-electron chi connectivity index (χ2n) is 7.47. The van der Waals surface area contributed by atoms with Crippen LogP contribution in [0.4, 0.5) is 5.69 Å². The van der Waals surface area contributed by atoms with E-state index in [4.69, 9.17) is 4.74 Å². The summed E-state index contributed by atoms with van der Waals surface area (Å²) in [5.74, 6) is -0.562. The van der Waals surface area contributed by atoms with Crippen LogP contribution in [-0.4, -0.2) is 42.4 Å². The molecule has 2 aliphatic heterocycles. The summed E-state index contributed by atoms with van der Waals surface area (Å²) in [6.07, 6.45) is 3.37. The Labute approximate surface area is 170 Å². The summed E-state index contributed by atoms with van der Waals surface area (Å²) in [4.78, 5) is 40.2. The minimum atomic E-state index is -0.521. The molecule has 6 nitrogen and oxygen atoms in total. The van der Waals surface area contributed by atoms with Crippen molar-refractivity contribution in [3.8, 4) is 0 Å². The average Bonchev–Trinajstić information content (AvgIpc) is 3.16. The van der Waals surface area contributed by atoms with Crippen LogP contribution in [0, 0.1) is 0 Å². The molecule has 2 amide bonds. The lowest BCUT2D eigenvalue weighted by Gasteiger charge is -2.29. The highest BCUT2D eigenvalue weighted by molar-refractivity contribution is 5.98. The van der Waals surface area contributed by atoms with Gasteiger partial charge in [-0.15, -0.1) is 0 Å². The number of nitrogens with zero attached hydrogens (tertiary/aromatic N) is 2. The van der Waals surface area contributed by atoms with Crippen molar-refractivity contribution in [2.24, 2.45) is 0 Å². The van der Waals surface area contributed by atoms with Crippen LogP contribution >= 0.6 is 0 Å². The minimum Gasteiger partial charge on any atom is -0.452 e. The molecule has 6 heteroatoms. The van der Waals surface area contributed by atoms with Crippen LogP contribution < -0.4 is 4.90 Å². The molecule has 2 heterocycles. The van der Waals surface area contributed by atoms with Crippen molar-refractivity contribution in [3.63, 3.8) is 0 Å². The molecular weight excluding hydrogens is 368 g/mol. The fourth-order valence-corrected chi connectivity index (χ4v) is 3.92. The third-order valence-corrected chi connectivity index (χ3v) is 5.47. The van der Waals surface area contributed by atoms with Gasteiger partial charge in [-0.25, -0.2) is 4.79 Å². The van der Waals surface area contributed by atoms with Crippen molar-refractivity contribution in [1.29, 1.82) is 0 Å². The Hall–Kier alpha value is -3.15. The molecule has 0 aromatic heterocycles. The standard InChI is InChI=1S/C23H24N2O4/c26-21-8-4-13-24(21)15-17-9-11-19(12-10-17)23(28)29-16-22(27)25-14-3-6-18-5-1-2-7-20(18)25/h1-2,5,7,9-12H,3-4,6,8,13-16H2. The van der Waals surface area contributed by atoms with Gasteiger partial charge >= 0.3 is 5.97 Å². The van der Waals surface area contributed by atoms with E-state index in [0.717, 1.165) is 42.6 Å². The Morgan fingerprint density at radius 2 is 1.69 bits per heavy atom. The Bertz CT molecular complexity index is 923. The molecule has 0 atom stereocenters. The lowest BCUT2D eigenvalue weighted by molar-refractivity contribution is -0.128. The van der Waals surface area contributed by atoms with E-state index in [9.17, 15) is 14.4 Å². The first-order chi connectivity index (χ1) is 14.1. The molecule has 4 rings (SSSR count). The average molecular weight is 392 g/mol. The van der Waals surface area contributed by atoms with Crippen LogP contribution in [-0.2, 0) is 27.3 Å². The number of aryl methyl sites for hydroxylation is 1. The highest BCUT2D eigenvalue weighted by Crippen LogP contribution is 2.26. The van der Waals surface area contributed by atoms with Gasteiger partial charge in [-0.3, -0.25) is 9.59 Å². The van der Waals surface area contributed by atoms with E-state index in [1.54, 1.807) is 17.0 Å². The summed E-state index contributed by atoms with van der Waals surface area (Å²) in [5.41, 5.74) is 3.41. The van der Waals surface area contributed by atoms with Crippen molar-refractivity contribution in [2.45, 2.75) is 32.2 Å². The molecule has 0 N–H and O–H groups in total. The van der Waals surface area contributed by atoms with Crippen LogP contribution in [0.5, 0.6) is 0 Å². The fourth-order valence-electron chi connectivity index (χ4n) is 3.92. The summed E-state index contributed by atoms with van der Waals surface area (Å²) in [7, 11) is 0. The largest absolute Gasteiger partial charge is 0.452 e. The topological polar surface area (TPSA) is 66.9 Å². The molecule has 0 aliphatic carbocycles. The third-order valence-electron chi connectivity index (χ3n) is 5.47. The maximum atomic E-state index is 12.6. The molecule has 1 saturated heterocycles. The van der Waals surface area contributed by atoms with E-state index in [1.165, 1.54) is 0 Å². The quantitative estimate of drug-likeness (QED) is 0.734. The number of hydrogen-bond acceptors (Lipinski definition) is 4. The third kappa shape index (κ3) is 4.31. The lowest BCUT2D eigenvalue weighted by atomic mass is 10.0. The molecule has 0 unspecified atom stereocenters. The van der Waals surface area contributed by atoms with Gasteiger partial charge in [0.05, 0.1) is 5.56 Å². The molecule has 2 aromatic rings. The highest BCUT2D eigenvalue weighted by atomic mass is 16.5. The van der Waals surface area contributed by atoms with Crippen molar-refractivity contribution < 1.29 is 19.1 Å². The first-order valence-electron chi connectivity index (χ1n) is 10.0. The lowest BCUT2D eigenvalue weighted by Crippen LogP contribution is -2.38. The van der Waals surface area contributed by atoms with Gasteiger partial charge in [-0.2, -0.15) is 0 Å². The van der Waals surface area contributed by atoms with E-state index in [0.29, 0.717) is 25.1 Å². The van der Waals surface area contributed by atoms with Crippen molar-refractivity contribution >= 4 is 23.5 Å². The number of amides is 2. The predicted molar refractivity (Wildman–Crippen MR) is 108 cm³/mol. The van der Waals surface area contributed by atoms with E-state index in [-0.39, 0.29) is 18.4 Å². The van der Waals surface area contributed by atoms with Gasteiger partial charge < -0.3 is 14.5 Å². The van der Waals surface area contributed by atoms with Gasteiger partial charge in [0, 0.05) is 31.7 Å². The first-order valence-corrected chi connectivity index (χ1v) is 10.0. The van der Waals surface area contributed by atoms with Gasteiger partial charge in [0.1, 0.15) is 0 Å². The second-order valence-corrected chi connectivity index (χ2v) is 7.47. The number of carbonyl (C=O) groups excluding carboxylic acids is 3. The normalized spacial score (nSPS) is 15.9. The zero-order valence-corrected chi connectivity index (χ0v) is 16.3. The van der Waals surface area contributed by atoms with Crippen molar-refractivity contribution in [1.82, 2.24) is 4.90 Å². The predicted octanol–water partition coefficient (Wildman–Crippen LogP) is 2.95. The molecule has 0 bridgehead atoms. The molecule has 0 spiro atoms. The van der Waals surface area contributed by atoms with Gasteiger partial charge in [0.25, 0.3) is 5.91 Å². The molecular formula is C23H24N2O4. The molecule has 0 radical (unpaired) electrons. The number of para-hydroxylation sites is 1. The van der Waals surface area contributed by atoms with Crippen LogP contribution in [0.2, 0.25) is 0 Å². The van der Waals surface area contributed by atoms with Gasteiger partial charge in [0.15, 0.2) is 6.61 Å². The molecule has 2 aliphatic rings. The monoisotopic (exact) mass is 392 g/mol. The Balaban J connectivity index is 1.33. The molecule has 1 fully saturated rings. The number of hydrogen-bond donors (Lipinski definition) is 0. The number of fused-ring (bicyclic) bond motifs is 1. The highest BCUT2D eigenvalue weighted by Gasteiger charge is 2.23. The summed E-state index contributed by atoms with van der Waals surface area (Å²) in [6.45, 7) is 1.69. The van der Waals surface area contributed by atoms with Crippen LogP contribution in [0.15, 0.2) is 48.5 Å². The summed E-state index contributed by atoms with van der Waals surface area (Å²) in [5, 5.41) is 0. The van der Waals surface area contributed by atoms with E-state index >= 15 is 0 Å². The Morgan fingerprint density at radius 1 is 0.931 bits per heavy atom. The van der Waals surface area contributed by atoms with Crippen molar-refractivity contribution in [3.05, 3.63) is 65.2 Å². The Morgan fingerprint density at radius 3 is 2.45 bits per heavy atom. The maximum absolute atomic E-state index is 12.6. The first kappa shape index (κ1) is 19.2. The zero-order valence-electron chi connectivity index (χ0n) is 16.3. The summed E-state index contributed by atoms with van der Waals surface area (Å²) < 4.78 is 5.25. The summed E-state index contributed by atoms with van der Waals surface area (Å²) in [6, 6.07) is 14.8. The number of anilines is 1. The van der Waals surface area contributed by atoms with Crippen molar-refractivity contribution in [2.75, 3.05) is 24.6 Å². The second kappa shape index (κ2) is 8.47. The Kier molecular flexibility index (Phi) is 5.60. The van der Waals surface area contributed by atoms with Crippen LogP contribution in [0.3, 0.4) is 0 Å². The zero-order chi connectivity index (χ0) is 20.2. The minimum absolute atomic E-state index is 0.172. The summed E-state index contributed by atoms with van der Waals surface area (Å²) >= 11 is 0. The smallest absolute Gasteiger partial charge is 0.338 e. The fraction of sp³-hybridized carbons (Fsp3) is 0.348. The molecule has 29 heavy (non-hydrogen) atoms. The van der Waals surface area contributed by atoms with E-state index in [2.05, 4.69) is 0 Å². The van der Waals surface area contributed by atoms with Gasteiger partial charge in [-0.05, 0) is 48.6 Å². The maximum Gasteiger partial charge on any atom is 0.338 e. The van der Waals surface area contributed by atoms with Gasteiger partial charge in [0.2, 0.25) is 5.91 Å². The number of likely N-dealkylation sites (tertiary alicyclic amines) is 1. The molecule has 0 saturated carbocycles.